The first kappa shape index (κ1) is 10.4. The third-order valence-corrected chi connectivity index (χ3v) is 1.83. The van der Waals surface area contributed by atoms with Crippen molar-refractivity contribution in [1.82, 2.24) is 10.2 Å². The van der Waals surface area contributed by atoms with E-state index in [1.54, 1.807) is 7.05 Å². The van der Waals surface area contributed by atoms with Crippen molar-refractivity contribution in [3.05, 3.63) is 0 Å². The lowest BCUT2D eigenvalue weighted by Crippen LogP contribution is -2.29. The molecule has 0 spiro atoms. The van der Waals surface area contributed by atoms with Crippen LogP contribution in [0, 0.1) is 0 Å². The van der Waals surface area contributed by atoms with Crippen LogP contribution in [0.3, 0.4) is 0 Å². The van der Waals surface area contributed by atoms with Crippen LogP contribution in [0.2, 0.25) is 0 Å². The smallest absolute Gasteiger partial charge is 0.221 e. The average molecular weight is 158 g/mol. The van der Waals surface area contributed by atoms with E-state index < -0.39 is 0 Å². The second-order valence-corrected chi connectivity index (χ2v) is 2.45. The van der Waals surface area contributed by atoms with Crippen LogP contribution in [0.15, 0.2) is 0 Å². The Labute approximate surface area is 68.8 Å². The molecule has 0 aromatic carbocycles. The maximum Gasteiger partial charge on any atom is 0.221 e. The summed E-state index contributed by atoms with van der Waals surface area (Å²) in [6.45, 7) is 7.12. The number of carbonyl (C=O) groups excluding carboxylic acids is 1. The highest BCUT2D eigenvalue weighted by Crippen LogP contribution is 1.89. The number of nitrogens with one attached hydrogen (secondary N) is 1. The highest BCUT2D eigenvalue weighted by molar-refractivity contribution is 5.75. The summed E-state index contributed by atoms with van der Waals surface area (Å²) in [5, 5.41) is 2.60. The second-order valence-electron chi connectivity index (χ2n) is 2.45. The molecule has 0 bridgehead atoms. The van der Waals surface area contributed by atoms with E-state index in [2.05, 4.69) is 24.1 Å². The molecule has 66 valence electrons. The fourth-order valence-electron chi connectivity index (χ4n) is 0.924. The lowest BCUT2D eigenvalue weighted by molar-refractivity contribution is -0.120. The Bertz CT molecular complexity index is 111. The number of hydrogen-bond acceptors (Lipinski definition) is 2. The zero-order valence-corrected chi connectivity index (χ0v) is 7.68. The van der Waals surface area contributed by atoms with Gasteiger partial charge in [-0.3, -0.25) is 4.79 Å². The Morgan fingerprint density at radius 1 is 1.36 bits per heavy atom. The molecule has 0 aliphatic rings. The van der Waals surface area contributed by atoms with Crippen LogP contribution in [0.25, 0.3) is 0 Å². The van der Waals surface area contributed by atoms with Crippen LogP contribution < -0.4 is 5.32 Å². The van der Waals surface area contributed by atoms with E-state index in [1.807, 2.05) is 0 Å². The Morgan fingerprint density at radius 3 is 2.27 bits per heavy atom. The molecule has 0 saturated carbocycles. The quantitative estimate of drug-likeness (QED) is 0.630. The van der Waals surface area contributed by atoms with Crippen LogP contribution in [-0.4, -0.2) is 37.5 Å². The van der Waals surface area contributed by atoms with Gasteiger partial charge >= 0.3 is 0 Å². The number of hydrogen-bond donors (Lipinski definition) is 1. The van der Waals surface area contributed by atoms with Crippen LogP contribution >= 0.6 is 0 Å². The Hall–Kier alpha value is -0.570. The molecule has 0 atom stereocenters. The molecule has 1 N–H and O–H groups in total. The summed E-state index contributed by atoms with van der Waals surface area (Å²) in [6, 6.07) is 0. The molecule has 0 fully saturated rings. The van der Waals surface area contributed by atoms with E-state index in [9.17, 15) is 4.79 Å². The SMILES string of the molecule is CCN(CC)CCC(=O)NC. The Balaban J connectivity index is 3.42. The van der Waals surface area contributed by atoms with Gasteiger partial charge in [0.05, 0.1) is 0 Å². The fourth-order valence-corrected chi connectivity index (χ4v) is 0.924. The van der Waals surface area contributed by atoms with Gasteiger partial charge in [0.25, 0.3) is 0 Å². The average Bonchev–Trinajstić information content (AvgIpc) is 2.06. The van der Waals surface area contributed by atoms with Gasteiger partial charge in [0, 0.05) is 20.0 Å². The number of rotatable bonds is 5. The van der Waals surface area contributed by atoms with Crippen LogP contribution in [-0.2, 0) is 4.79 Å². The van der Waals surface area contributed by atoms with Crippen molar-refractivity contribution in [1.29, 1.82) is 0 Å². The van der Waals surface area contributed by atoms with Crippen LogP contribution in [0.4, 0.5) is 0 Å². The number of nitrogens with zero attached hydrogens (tertiary/aromatic N) is 1. The van der Waals surface area contributed by atoms with Gasteiger partial charge in [-0.15, -0.1) is 0 Å². The predicted octanol–water partition coefficient (Wildman–Crippen LogP) is 0.464. The highest BCUT2D eigenvalue weighted by atomic mass is 16.1. The minimum absolute atomic E-state index is 0.122. The lowest BCUT2D eigenvalue weighted by atomic mass is 10.3. The minimum atomic E-state index is 0.122. The summed E-state index contributed by atoms with van der Waals surface area (Å²) in [5.74, 6) is 0.122. The maximum atomic E-state index is 10.8. The van der Waals surface area contributed by atoms with E-state index >= 15 is 0 Å². The Kier molecular flexibility index (Phi) is 5.84. The van der Waals surface area contributed by atoms with Crippen molar-refractivity contribution < 1.29 is 4.79 Å². The highest BCUT2D eigenvalue weighted by Gasteiger charge is 2.01. The first-order valence-corrected chi connectivity index (χ1v) is 4.17. The normalized spacial score (nSPS) is 10.2. The predicted molar refractivity (Wildman–Crippen MR) is 46.5 cm³/mol. The summed E-state index contributed by atoms with van der Waals surface area (Å²) in [7, 11) is 1.67. The van der Waals surface area contributed by atoms with Gasteiger partial charge in [0.2, 0.25) is 5.91 Å². The molecule has 0 radical (unpaired) electrons. The molecular weight excluding hydrogens is 140 g/mol. The van der Waals surface area contributed by atoms with Crippen LogP contribution in [0.1, 0.15) is 20.3 Å². The fraction of sp³-hybridized carbons (Fsp3) is 0.875. The van der Waals surface area contributed by atoms with E-state index in [0.29, 0.717) is 6.42 Å². The molecule has 11 heavy (non-hydrogen) atoms. The molecule has 3 heteroatoms. The van der Waals surface area contributed by atoms with E-state index in [1.165, 1.54) is 0 Å². The molecule has 3 nitrogen and oxygen atoms in total. The lowest BCUT2D eigenvalue weighted by Gasteiger charge is -2.16. The summed E-state index contributed by atoms with van der Waals surface area (Å²) in [6.07, 6.45) is 0.609. The van der Waals surface area contributed by atoms with Gasteiger partial charge in [0.15, 0.2) is 0 Å². The second kappa shape index (κ2) is 6.16. The van der Waals surface area contributed by atoms with Gasteiger partial charge in [-0.2, -0.15) is 0 Å². The summed E-state index contributed by atoms with van der Waals surface area (Å²) in [5.41, 5.74) is 0. The van der Waals surface area contributed by atoms with Gasteiger partial charge in [-0.25, -0.2) is 0 Å². The first-order chi connectivity index (χ1) is 5.24. The van der Waals surface area contributed by atoms with E-state index in [4.69, 9.17) is 0 Å². The van der Waals surface area contributed by atoms with Crippen molar-refractivity contribution in [3.63, 3.8) is 0 Å². The van der Waals surface area contributed by atoms with Crippen molar-refractivity contribution in [2.75, 3.05) is 26.7 Å². The summed E-state index contributed by atoms with van der Waals surface area (Å²) >= 11 is 0. The first-order valence-electron chi connectivity index (χ1n) is 4.17. The zero-order valence-electron chi connectivity index (χ0n) is 7.68. The Morgan fingerprint density at radius 2 is 1.91 bits per heavy atom. The number of carbonyl (C=O) groups is 1. The largest absolute Gasteiger partial charge is 0.359 e. The summed E-state index contributed by atoms with van der Waals surface area (Å²) < 4.78 is 0. The van der Waals surface area contributed by atoms with Gasteiger partial charge in [0.1, 0.15) is 0 Å². The zero-order chi connectivity index (χ0) is 8.69. The third-order valence-electron chi connectivity index (χ3n) is 1.83. The molecule has 1 amide bonds. The molecule has 0 rings (SSSR count). The summed E-state index contributed by atoms with van der Waals surface area (Å²) in [4.78, 5) is 13.0. The molecule has 0 heterocycles. The van der Waals surface area contributed by atoms with E-state index in [0.717, 1.165) is 19.6 Å². The molecule has 0 aliphatic heterocycles. The topological polar surface area (TPSA) is 32.3 Å². The molecular formula is C8H18N2O. The molecule has 0 unspecified atom stereocenters. The molecule has 0 aromatic heterocycles. The van der Waals surface area contributed by atoms with Crippen molar-refractivity contribution >= 4 is 5.91 Å². The minimum Gasteiger partial charge on any atom is -0.359 e. The molecule has 0 aromatic rings. The monoisotopic (exact) mass is 158 g/mol. The molecule has 0 saturated heterocycles. The third kappa shape index (κ3) is 4.79. The van der Waals surface area contributed by atoms with Crippen molar-refractivity contribution in [2.45, 2.75) is 20.3 Å². The molecule has 0 aliphatic carbocycles. The van der Waals surface area contributed by atoms with E-state index in [-0.39, 0.29) is 5.91 Å². The van der Waals surface area contributed by atoms with Crippen LogP contribution in [0.5, 0.6) is 0 Å². The van der Waals surface area contributed by atoms with Crippen molar-refractivity contribution in [3.8, 4) is 0 Å². The van der Waals surface area contributed by atoms with Gasteiger partial charge in [-0.1, -0.05) is 13.8 Å². The van der Waals surface area contributed by atoms with Crippen molar-refractivity contribution in [2.24, 2.45) is 0 Å². The maximum absolute atomic E-state index is 10.8. The standard InChI is InChI=1S/C8H18N2O/c1-4-10(5-2)7-6-8(11)9-3/h4-7H2,1-3H3,(H,9,11). The number of amides is 1. The van der Waals surface area contributed by atoms with Gasteiger partial charge in [-0.05, 0) is 13.1 Å². The van der Waals surface area contributed by atoms with Gasteiger partial charge < -0.3 is 10.2 Å².